The minimum absolute atomic E-state index is 0.128. The highest BCUT2D eigenvalue weighted by Gasteiger charge is 2.19. The van der Waals surface area contributed by atoms with Crippen LogP contribution < -0.4 is 11.1 Å². The van der Waals surface area contributed by atoms with Crippen molar-refractivity contribution in [3.63, 3.8) is 0 Å². The van der Waals surface area contributed by atoms with E-state index < -0.39 is 0 Å². The maximum atomic E-state index is 13.9. The van der Waals surface area contributed by atoms with E-state index in [0.717, 1.165) is 9.75 Å². The van der Waals surface area contributed by atoms with Gasteiger partial charge in [0.2, 0.25) is 0 Å². The summed E-state index contributed by atoms with van der Waals surface area (Å²) in [4.78, 5) is 29.4. The SMILES string of the molecule is COCCOCCOCCn1c(=O)c(-c2cccs2)cc2c1cc(-c1cccs1)c(=O)n2CCOCCOCCOC. The molecule has 0 saturated carbocycles. The Kier molecular flexibility index (Phi) is 13.4. The van der Waals surface area contributed by atoms with Gasteiger partial charge in [-0.25, -0.2) is 0 Å². The average molecular weight is 619 g/mol. The summed E-state index contributed by atoms with van der Waals surface area (Å²) < 4.78 is 36.0. The first kappa shape index (κ1) is 32.2. The Bertz CT molecular complexity index is 1350. The minimum atomic E-state index is -0.128. The molecule has 42 heavy (non-hydrogen) atoms. The quantitative estimate of drug-likeness (QED) is 0.137. The highest BCUT2D eigenvalue weighted by atomic mass is 32.1. The lowest BCUT2D eigenvalue weighted by molar-refractivity contribution is 0.0229. The van der Waals surface area contributed by atoms with Crippen LogP contribution in [0, 0.1) is 0 Å². The molecule has 4 heterocycles. The summed E-state index contributed by atoms with van der Waals surface area (Å²) >= 11 is 2.98. The van der Waals surface area contributed by atoms with Crippen molar-refractivity contribution in [1.29, 1.82) is 0 Å². The van der Waals surface area contributed by atoms with Gasteiger partial charge >= 0.3 is 0 Å². The van der Waals surface area contributed by atoms with Gasteiger partial charge in [-0.15, -0.1) is 22.7 Å². The molecule has 0 aliphatic heterocycles. The molecule has 0 saturated heterocycles. The van der Waals surface area contributed by atoms with E-state index in [0.29, 0.717) is 101 Å². The summed E-state index contributed by atoms with van der Waals surface area (Å²) in [5, 5.41) is 3.87. The van der Waals surface area contributed by atoms with Crippen LogP contribution in [0.3, 0.4) is 0 Å². The van der Waals surface area contributed by atoms with E-state index >= 15 is 0 Å². The fraction of sp³-hybridized carbons (Fsp3) is 0.467. The van der Waals surface area contributed by atoms with Gasteiger partial charge in [0.15, 0.2) is 0 Å². The smallest absolute Gasteiger partial charge is 0.259 e. The van der Waals surface area contributed by atoms with Crippen LogP contribution in [0.5, 0.6) is 0 Å². The first-order valence-electron chi connectivity index (χ1n) is 13.8. The number of ether oxygens (including phenoxy) is 6. The van der Waals surface area contributed by atoms with Crippen LogP contribution in [0.2, 0.25) is 0 Å². The van der Waals surface area contributed by atoms with Gasteiger partial charge in [-0.05, 0) is 35.0 Å². The van der Waals surface area contributed by atoms with Crippen molar-refractivity contribution >= 4 is 33.7 Å². The summed E-state index contributed by atoms with van der Waals surface area (Å²) in [6.45, 7) is 5.01. The number of aromatic nitrogens is 2. The van der Waals surface area contributed by atoms with Gasteiger partial charge < -0.3 is 37.6 Å². The van der Waals surface area contributed by atoms with E-state index in [1.54, 1.807) is 23.4 Å². The molecule has 0 aromatic carbocycles. The van der Waals surface area contributed by atoms with E-state index in [4.69, 9.17) is 28.4 Å². The van der Waals surface area contributed by atoms with E-state index in [9.17, 15) is 9.59 Å². The zero-order valence-electron chi connectivity index (χ0n) is 24.1. The maximum absolute atomic E-state index is 13.9. The third-order valence-corrected chi connectivity index (χ3v) is 8.26. The van der Waals surface area contributed by atoms with Crippen molar-refractivity contribution in [3.8, 4) is 20.9 Å². The van der Waals surface area contributed by atoms with Crippen LogP contribution in [-0.2, 0) is 41.5 Å². The minimum Gasteiger partial charge on any atom is -0.382 e. The Morgan fingerprint density at radius 1 is 0.571 bits per heavy atom. The lowest BCUT2D eigenvalue weighted by Gasteiger charge is -2.18. The van der Waals surface area contributed by atoms with Gasteiger partial charge in [0.1, 0.15) is 0 Å². The van der Waals surface area contributed by atoms with Gasteiger partial charge in [0, 0.05) is 37.1 Å². The molecule has 4 rings (SSSR count). The van der Waals surface area contributed by atoms with Crippen molar-refractivity contribution in [3.05, 3.63) is 67.9 Å². The van der Waals surface area contributed by atoms with Crippen LogP contribution >= 0.6 is 22.7 Å². The lowest BCUT2D eigenvalue weighted by atomic mass is 10.1. The van der Waals surface area contributed by atoms with E-state index in [-0.39, 0.29) is 11.1 Å². The molecule has 0 aliphatic rings. The number of rotatable bonds is 20. The van der Waals surface area contributed by atoms with Gasteiger partial charge in [-0.1, -0.05) is 12.1 Å². The van der Waals surface area contributed by atoms with E-state index in [1.807, 2.05) is 47.2 Å². The van der Waals surface area contributed by atoms with Crippen LogP contribution in [0.25, 0.3) is 31.9 Å². The number of methoxy groups -OCH3 is 2. The predicted molar refractivity (Wildman–Crippen MR) is 166 cm³/mol. The average Bonchev–Trinajstić information content (AvgIpc) is 3.73. The molecule has 0 atom stereocenters. The molecule has 0 spiro atoms. The number of pyridine rings is 2. The summed E-state index contributed by atoms with van der Waals surface area (Å²) in [6, 6.07) is 11.3. The topological polar surface area (TPSA) is 99.4 Å². The first-order valence-corrected chi connectivity index (χ1v) is 15.6. The van der Waals surface area contributed by atoms with Crippen molar-refractivity contribution < 1.29 is 28.4 Å². The number of nitrogens with zero attached hydrogens (tertiary/aromatic N) is 2. The third-order valence-electron chi connectivity index (χ3n) is 6.46. The number of fused-ring (bicyclic) bond motifs is 1. The Balaban J connectivity index is 1.65. The summed E-state index contributed by atoms with van der Waals surface area (Å²) in [7, 11) is 3.26. The number of thiophene rings is 2. The lowest BCUT2D eigenvalue weighted by Crippen LogP contribution is -2.30. The first-order chi connectivity index (χ1) is 20.7. The second kappa shape index (κ2) is 17.4. The highest BCUT2D eigenvalue weighted by molar-refractivity contribution is 7.13. The summed E-state index contributed by atoms with van der Waals surface area (Å²) in [5.41, 5.74) is 2.18. The van der Waals surface area contributed by atoms with Crippen molar-refractivity contribution in [2.45, 2.75) is 13.1 Å². The van der Waals surface area contributed by atoms with Crippen LogP contribution in [0.15, 0.2) is 56.7 Å². The summed E-state index contributed by atoms with van der Waals surface area (Å²) in [5.74, 6) is 0. The van der Waals surface area contributed by atoms with Crippen molar-refractivity contribution in [2.24, 2.45) is 0 Å². The largest absolute Gasteiger partial charge is 0.382 e. The Morgan fingerprint density at radius 3 is 1.31 bits per heavy atom. The van der Waals surface area contributed by atoms with Crippen molar-refractivity contribution in [2.75, 3.05) is 80.3 Å². The van der Waals surface area contributed by atoms with E-state index in [2.05, 4.69) is 0 Å². The Labute approximate surface area is 252 Å². The van der Waals surface area contributed by atoms with Gasteiger partial charge in [-0.2, -0.15) is 0 Å². The van der Waals surface area contributed by atoms with Crippen LogP contribution in [0.4, 0.5) is 0 Å². The molecule has 0 aliphatic carbocycles. The zero-order chi connectivity index (χ0) is 29.6. The molecular weight excluding hydrogens is 580 g/mol. The Morgan fingerprint density at radius 2 is 0.952 bits per heavy atom. The maximum Gasteiger partial charge on any atom is 0.259 e. The number of hydrogen-bond donors (Lipinski definition) is 0. The van der Waals surface area contributed by atoms with Gasteiger partial charge in [0.25, 0.3) is 11.1 Å². The van der Waals surface area contributed by atoms with Crippen LogP contribution in [-0.4, -0.2) is 89.4 Å². The molecule has 228 valence electrons. The fourth-order valence-corrected chi connectivity index (χ4v) is 5.86. The molecule has 10 nitrogen and oxygen atoms in total. The van der Waals surface area contributed by atoms with Gasteiger partial charge in [-0.3, -0.25) is 9.59 Å². The molecule has 4 aromatic heterocycles. The van der Waals surface area contributed by atoms with Crippen molar-refractivity contribution in [1.82, 2.24) is 9.13 Å². The van der Waals surface area contributed by atoms with Gasteiger partial charge in [0.05, 0.1) is 88.2 Å². The molecule has 0 amide bonds. The molecule has 0 radical (unpaired) electrons. The predicted octanol–water partition coefficient (Wildman–Crippen LogP) is 3.98. The second-order valence-corrected chi connectivity index (χ2v) is 11.1. The normalized spacial score (nSPS) is 11.6. The monoisotopic (exact) mass is 618 g/mol. The van der Waals surface area contributed by atoms with E-state index in [1.165, 1.54) is 22.7 Å². The third kappa shape index (κ3) is 8.68. The molecule has 0 unspecified atom stereocenters. The summed E-state index contributed by atoms with van der Waals surface area (Å²) in [6.07, 6.45) is 0. The zero-order valence-corrected chi connectivity index (χ0v) is 25.7. The molecular formula is C30H38N2O8S2. The molecule has 0 fully saturated rings. The highest BCUT2D eigenvalue weighted by Crippen LogP contribution is 2.28. The van der Waals surface area contributed by atoms with Crippen LogP contribution in [0.1, 0.15) is 0 Å². The molecule has 4 aromatic rings. The Hall–Kier alpha value is -2.68. The number of hydrogen-bond acceptors (Lipinski definition) is 10. The second-order valence-electron chi connectivity index (χ2n) is 9.19. The molecule has 12 heteroatoms. The molecule has 0 bridgehead atoms. The fourth-order valence-electron chi connectivity index (χ4n) is 4.39. The molecule has 0 N–H and O–H groups in total. The standard InChI is InChI=1S/C30H38N2O8S2/c1-35-11-13-39-17-15-37-9-7-31-25-21-24(28-6-4-20-42-28)30(34)32(8-10-38-16-18-40-14-12-36-2)26(25)22-23(29(31)33)27-5-3-19-41-27/h3-6,19-22H,7-18H2,1-2H3.